The van der Waals surface area contributed by atoms with Crippen molar-refractivity contribution in [1.82, 2.24) is 10.2 Å². The van der Waals surface area contributed by atoms with Crippen molar-refractivity contribution < 1.29 is 4.39 Å². The maximum Gasteiger partial charge on any atom is 0.210 e. The molecular formula is C12H11FN4S2. The maximum absolute atomic E-state index is 12.8. The van der Waals surface area contributed by atoms with E-state index in [1.54, 1.807) is 12.1 Å². The number of nitrogens with zero attached hydrogens (tertiary/aromatic N) is 3. The second kappa shape index (κ2) is 6.50. The summed E-state index contributed by atoms with van der Waals surface area (Å²) in [4.78, 5) is 0. The van der Waals surface area contributed by atoms with Crippen molar-refractivity contribution in [2.45, 2.75) is 11.3 Å². The monoisotopic (exact) mass is 294 g/mol. The van der Waals surface area contributed by atoms with E-state index in [0.29, 0.717) is 10.9 Å². The van der Waals surface area contributed by atoms with Crippen LogP contribution in [0.1, 0.15) is 6.92 Å². The average Bonchev–Trinajstić information content (AvgIpc) is 2.86. The Labute approximate surface area is 118 Å². The number of thioether (sulfide) groups is 1. The Morgan fingerprint density at radius 2 is 2.16 bits per heavy atom. The molecule has 1 atom stereocenters. The summed E-state index contributed by atoms with van der Waals surface area (Å²) in [5.74, 6) is 0.411. The average molecular weight is 294 g/mol. The minimum atomic E-state index is -0.274. The number of anilines is 2. The Morgan fingerprint density at radius 1 is 1.42 bits per heavy atom. The largest absolute Gasteiger partial charge is 0.330 e. The van der Waals surface area contributed by atoms with Crippen molar-refractivity contribution in [2.24, 2.45) is 5.92 Å². The lowest BCUT2D eigenvalue weighted by Gasteiger charge is -2.00. The summed E-state index contributed by atoms with van der Waals surface area (Å²) < 4.78 is 13.6. The van der Waals surface area contributed by atoms with Gasteiger partial charge in [0.1, 0.15) is 5.82 Å². The summed E-state index contributed by atoms with van der Waals surface area (Å²) in [5.41, 5.74) is 0.763. The topological polar surface area (TPSA) is 61.6 Å². The molecule has 1 heterocycles. The molecule has 0 aliphatic carbocycles. The number of benzene rings is 1. The minimum Gasteiger partial charge on any atom is -0.330 e. The fourth-order valence-electron chi connectivity index (χ4n) is 1.21. The Bertz CT molecular complexity index is 576. The van der Waals surface area contributed by atoms with Crippen molar-refractivity contribution >= 4 is 33.9 Å². The van der Waals surface area contributed by atoms with E-state index in [0.717, 1.165) is 10.0 Å². The summed E-state index contributed by atoms with van der Waals surface area (Å²) >= 11 is 2.92. The molecule has 0 amide bonds. The van der Waals surface area contributed by atoms with Gasteiger partial charge < -0.3 is 5.32 Å². The van der Waals surface area contributed by atoms with Crippen LogP contribution < -0.4 is 5.32 Å². The van der Waals surface area contributed by atoms with Crippen LogP contribution in [-0.2, 0) is 0 Å². The molecule has 2 rings (SSSR count). The number of hydrogen-bond donors (Lipinski definition) is 1. The summed E-state index contributed by atoms with van der Waals surface area (Å²) in [7, 11) is 0. The quantitative estimate of drug-likeness (QED) is 0.852. The highest BCUT2D eigenvalue weighted by molar-refractivity contribution is 8.01. The molecule has 1 aromatic carbocycles. The Kier molecular flexibility index (Phi) is 4.71. The molecule has 0 saturated carbocycles. The fraction of sp³-hybridized carbons (Fsp3) is 0.250. The van der Waals surface area contributed by atoms with Crippen molar-refractivity contribution in [3.63, 3.8) is 0 Å². The predicted molar refractivity (Wildman–Crippen MR) is 75.1 cm³/mol. The van der Waals surface area contributed by atoms with Crippen LogP contribution in [0.4, 0.5) is 15.2 Å². The number of nitrogens with one attached hydrogen (secondary N) is 1. The number of nitriles is 1. The van der Waals surface area contributed by atoms with Gasteiger partial charge in [-0.3, -0.25) is 0 Å². The smallest absolute Gasteiger partial charge is 0.210 e. The Morgan fingerprint density at radius 3 is 2.84 bits per heavy atom. The van der Waals surface area contributed by atoms with Gasteiger partial charge in [-0.15, -0.1) is 10.2 Å². The molecule has 0 spiro atoms. The van der Waals surface area contributed by atoms with Crippen LogP contribution in [0.5, 0.6) is 0 Å². The molecule has 0 saturated heterocycles. The van der Waals surface area contributed by atoms with Gasteiger partial charge >= 0.3 is 0 Å². The molecule has 0 bridgehead atoms. The van der Waals surface area contributed by atoms with Crippen molar-refractivity contribution in [1.29, 1.82) is 5.26 Å². The first-order valence-electron chi connectivity index (χ1n) is 5.56. The zero-order chi connectivity index (χ0) is 13.7. The molecule has 0 radical (unpaired) electrons. The second-order valence-electron chi connectivity index (χ2n) is 3.85. The van der Waals surface area contributed by atoms with E-state index in [1.807, 2.05) is 6.92 Å². The van der Waals surface area contributed by atoms with Gasteiger partial charge in [0.2, 0.25) is 5.13 Å². The molecule has 4 nitrogen and oxygen atoms in total. The molecule has 7 heteroatoms. The van der Waals surface area contributed by atoms with Crippen molar-refractivity contribution in [3.05, 3.63) is 30.1 Å². The Hall–Kier alpha value is -1.65. The van der Waals surface area contributed by atoms with E-state index in [2.05, 4.69) is 21.6 Å². The first kappa shape index (κ1) is 13.8. The molecule has 98 valence electrons. The van der Waals surface area contributed by atoms with E-state index in [4.69, 9.17) is 5.26 Å². The van der Waals surface area contributed by atoms with Gasteiger partial charge in [0, 0.05) is 11.4 Å². The lowest BCUT2D eigenvalue weighted by molar-refractivity contribution is 0.628. The lowest BCUT2D eigenvalue weighted by Crippen LogP contribution is -1.92. The molecular weight excluding hydrogens is 283 g/mol. The van der Waals surface area contributed by atoms with E-state index in [1.165, 1.54) is 35.2 Å². The summed E-state index contributed by atoms with van der Waals surface area (Å²) in [5, 5.41) is 20.4. The van der Waals surface area contributed by atoms with Crippen LogP contribution in [0.25, 0.3) is 0 Å². The normalized spacial score (nSPS) is 11.8. The third-order valence-corrected chi connectivity index (χ3v) is 4.41. The molecule has 0 fully saturated rings. The van der Waals surface area contributed by atoms with Gasteiger partial charge in [0.05, 0.1) is 12.0 Å². The van der Waals surface area contributed by atoms with Crippen molar-refractivity contribution in [3.8, 4) is 6.07 Å². The number of rotatable bonds is 5. The molecule has 1 N–H and O–H groups in total. The second-order valence-corrected chi connectivity index (χ2v) is 6.09. The minimum absolute atomic E-state index is 0.0117. The van der Waals surface area contributed by atoms with Gasteiger partial charge in [-0.05, 0) is 31.2 Å². The summed E-state index contributed by atoms with van der Waals surface area (Å²) in [6.45, 7) is 1.87. The predicted octanol–water partition coefficient (Wildman–Crippen LogP) is 3.67. The SMILES string of the molecule is C[C@@H](C#N)CSc1nnc(Nc2ccc(F)cc2)s1. The summed E-state index contributed by atoms with van der Waals surface area (Å²) in [6.07, 6.45) is 0. The van der Waals surface area contributed by atoms with Crippen LogP contribution in [0.2, 0.25) is 0 Å². The van der Waals surface area contributed by atoms with E-state index >= 15 is 0 Å². The van der Waals surface area contributed by atoms with E-state index in [9.17, 15) is 4.39 Å². The van der Waals surface area contributed by atoms with E-state index < -0.39 is 0 Å². The lowest BCUT2D eigenvalue weighted by atomic mass is 10.3. The van der Waals surface area contributed by atoms with Crippen LogP contribution in [-0.4, -0.2) is 16.0 Å². The van der Waals surface area contributed by atoms with Gasteiger partial charge in [-0.1, -0.05) is 23.1 Å². The third-order valence-electron chi connectivity index (χ3n) is 2.18. The standard InChI is InChI=1S/C12H11FN4S2/c1-8(6-14)7-18-12-17-16-11(19-12)15-10-4-2-9(13)3-5-10/h2-5,8H,7H2,1H3,(H,15,16)/t8-/m0/s1. The molecule has 1 aromatic heterocycles. The zero-order valence-electron chi connectivity index (χ0n) is 10.1. The first-order chi connectivity index (χ1) is 9.17. The van der Waals surface area contributed by atoms with Crippen LogP contribution in [0.15, 0.2) is 28.6 Å². The highest BCUT2D eigenvalue weighted by Crippen LogP contribution is 2.28. The zero-order valence-corrected chi connectivity index (χ0v) is 11.8. The van der Waals surface area contributed by atoms with Gasteiger partial charge in [-0.25, -0.2) is 4.39 Å². The maximum atomic E-state index is 12.8. The molecule has 0 aliphatic rings. The molecule has 0 aliphatic heterocycles. The van der Waals surface area contributed by atoms with Gasteiger partial charge in [-0.2, -0.15) is 5.26 Å². The van der Waals surface area contributed by atoms with E-state index in [-0.39, 0.29) is 11.7 Å². The van der Waals surface area contributed by atoms with Gasteiger partial charge in [0.15, 0.2) is 4.34 Å². The van der Waals surface area contributed by atoms with Gasteiger partial charge in [0.25, 0.3) is 0 Å². The van der Waals surface area contributed by atoms with Crippen LogP contribution in [0, 0.1) is 23.1 Å². The number of hydrogen-bond acceptors (Lipinski definition) is 6. The third kappa shape index (κ3) is 4.19. The number of aromatic nitrogens is 2. The van der Waals surface area contributed by atoms with Crippen LogP contribution >= 0.6 is 23.1 Å². The highest BCUT2D eigenvalue weighted by Gasteiger charge is 2.07. The Balaban J connectivity index is 1.94. The van der Waals surface area contributed by atoms with Crippen molar-refractivity contribution in [2.75, 3.05) is 11.1 Å². The molecule has 2 aromatic rings. The molecule has 0 unspecified atom stereocenters. The molecule has 19 heavy (non-hydrogen) atoms. The first-order valence-corrected chi connectivity index (χ1v) is 7.36. The highest BCUT2D eigenvalue weighted by atomic mass is 32.2. The summed E-state index contributed by atoms with van der Waals surface area (Å²) in [6, 6.07) is 8.22. The van der Waals surface area contributed by atoms with Crippen LogP contribution in [0.3, 0.4) is 0 Å². The fourth-order valence-corrected chi connectivity index (χ4v) is 2.95. The number of halogens is 1.